The number of thioether (sulfide) groups is 1. The van der Waals surface area contributed by atoms with Crippen molar-refractivity contribution in [2.45, 2.75) is 43.4 Å². The van der Waals surface area contributed by atoms with Crippen LogP contribution in [0.25, 0.3) is 0 Å². The van der Waals surface area contributed by atoms with Crippen LogP contribution >= 0.6 is 11.8 Å². The zero-order valence-electron chi connectivity index (χ0n) is 14.1. The van der Waals surface area contributed by atoms with Gasteiger partial charge in [-0.1, -0.05) is 12.1 Å². The lowest BCUT2D eigenvalue weighted by Gasteiger charge is -2.20. The molecule has 0 bridgehead atoms. The Morgan fingerprint density at radius 3 is 2.79 bits per heavy atom. The molecule has 5 nitrogen and oxygen atoms in total. The smallest absolute Gasteiger partial charge is 0.162 e. The molecule has 1 aromatic heterocycles. The van der Waals surface area contributed by atoms with Crippen molar-refractivity contribution in [3.63, 3.8) is 0 Å². The second kappa shape index (κ2) is 7.25. The highest BCUT2D eigenvalue weighted by Gasteiger charge is 2.26. The molecular formula is C18H24N4OS. The van der Waals surface area contributed by atoms with E-state index in [1.807, 2.05) is 0 Å². The quantitative estimate of drug-likeness (QED) is 0.798. The molecule has 1 aromatic carbocycles. The lowest BCUT2D eigenvalue weighted by atomic mass is 10.2. The summed E-state index contributed by atoms with van der Waals surface area (Å²) in [5.74, 6) is 2.15. The maximum absolute atomic E-state index is 5.81. The summed E-state index contributed by atoms with van der Waals surface area (Å²) < 4.78 is 8.11. The van der Waals surface area contributed by atoms with Gasteiger partial charge in [0, 0.05) is 44.1 Å². The van der Waals surface area contributed by atoms with Crippen molar-refractivity contribution in [3.8, 4) is 0 Å². The van der Waals surface area contributed by atoms with E-state index in [1.54, 1.807) is 11.8 Å². The minimum atomic E-state index is 0.150. The molecule has 1 fully saturated rings. The van der Waals surface area contributed by atoms with E-state index in [1.165, 1.54) is 10.5 Å². The monoisotopic (exact) mass is 344 g/mol. The van der Waals surface area contributed by atoms with Crippen LogP contribution in [0, 0.1) is 0 Å². The molecule has 0 spiro atoms. The molecule has 24 heavy (non-hydrogen) atoms. The lowest BCUT2D eigenvalue weighted by molar-refractivity contribution is 0.101. The molecule has 0 unspecified atom stereocenters. The summed E-state index contributed by atoms with van der Waals surface area (Å²) in [4.78, 5) is 3.84. The van der Waals surface area contributed by atoms with Gasteiger partial charge in [-0.05, 0) is 36.8 Å². The Morgan fingerprint density at radius 2 is 2.04 bits per heavy atom. The topological polar surface area (TPSA) is 43.2 Å². The van der Waals surface area contributed by atoms with Crippen LogP contribution in [0.3, 0.4) is 0 Å². The molecule has 0 radical (unpaired) electrons. The highest BCUT2D eigenvalue weighted by molar-refractivity contribution is 7.98. The van der Waals surface area contributed by atoms with E-state index in [4.69, 9.17) is 4.74 Å². The van der Waals surface area contributed by atoms with Crippen LogP contribution in [0.2, 0.25) is 0 Å². The van der Waals surface area contributed by atoms with Crippen molar-refractivity contribution in [1.29, 1.82) is 0 Å². The average Bonchev–Trinajstić information content (AvgIpc) is 3.23. The lowest BCUT2D eigenvalue weighted by Crippen LogP contribution is -2.26. The van der Waals surface area contributed by atoms with E-state index in [0.717, 1.165) is 63.7 Å². The van der Waals surface area contributed by atoms with Gasteiger partial charge >= 0.3 is 0 Å². The Hall–Kier alpha value is -1.37. The number of benzene rings is 1. The highest BCUT2D eigenvalue weighted by Crippen LogP contribution is 2.28. The molecule has 4 rings (SSSR count). The fourth-order valence-corrected chi connectivity index (χ4v) is 3.96. The summed E-state index contributed by atoms with van der Waals surface area (Å²) in [7, 11) is 0. The van der Waals surface area contributed by atoms with Crippen molar-refractivity contribution >= 4 is 11.8 Å². The van der Waals surface area contributed by atoms with E-state index in [-0.39, 0.29) is 6.10 Å². The molecule has 2 aromatic rings. The Labute approximate surface area is 147 Å². The summed E-state index contributed by atoms with van der Waals surface area (Å²) in [6.45, 7) is 4.89. The average molecular weight is 344 g/mol. The third-order valence-electron chi connectivity index (χ3n) is 4.93. The zero-order valence-corrected chi connectivity index (χ0v) is 15.0. The summed E-state index contributed by atoms with van der Waals surface area (Å²) in [5, 5.41) is 8.85. The van der Waals surface area contributed by atoms with Crippen molar-refractivity contribution in [1.82, 2.24) is 19.7 Å². The molecule has 6 heteroatoms. The van der Waals surface area contributed by atoms with Gasteiger partial charge in [-0.2, -0.15) is 0 Å². The Bertz CT molecular complexity index is 679. The van der Waals surface area contributed by atoms with Crippen LogP contribution in [-0.2, 0) is 24.2 Å². The Morgan fingerprint density at radius 1 is 1.17 bits per heavy atom. The summed E-state index contributed by atoms with van der Waals surface area (Å²) in [5.41, 5.74) is 1.38. The van der Waals surface area contributed by atoms with E-state index in [0.29, 0.717) is 0 Å². The van der Waals surface area contributed by atoms with E-state index >= 15 is 0 Å². The first-order valence-electron chi connectivity index (χ1n) is 8.72. The fourth-order valence-electron chi connectivity index (χ4n) is 3.56. The SMILES string of the molecule is CSc1ccc(CN2CCc3nnc([C@@H]4CCCO4)n3CC2)cc1. The first kappa shape index (κ1) is 16.1. The number of hydrogen-bond donors (Lipinski definition) is 0. The van der Waals surface area contributed by atoms with Crippen molar-refractivity contribution in [2.24, 2.45) is 0 Å². The van der Waals surface area contributed by atoms with Gasteiger partial charge in [-0.3, -0.25) is 4.90 Å². The van der Waals surface area contributed by atoms with E-state index < -0.39 is 0 Å². The molecule has 128 valence electrons. The fraction of sp³-hybridized carbons (Fsp3) is 0.556. The molecule has 1 saturated heterocycles. The van der Waals surface area contributed by atoms with Crippen LogP contribution in [-0.4, -0.2) is 45.6 Å². The molecule has 0 aliphatic carbocycles. The van der Waals surface area contributed by atoms with Crippen LogP contribution in [0.4, 0.5) is 0 Å². The second-order valence-electron chi connectivity index (χ2n) is 6.50. The number of aromatic nitrogens is 3. The standard InChI is InChI=1S/C18H24N4OS/c1-24-15-6-4-14(5-7-15)13-21-9-8-17-19-20-18(22(17)11-10-21)16-3-2-12-23-16/h4-7,16H,2-3,8-13H2,1H3/t16-/m0/s1. The first-order chi connectivity index (χ1) is 11.8. The van der Waals surface area contributed by atoms with Crippen LogP contribution in [0.1, 0.15) is 36.2 Å². The van der Waals surface area contributed by atoms with Gasteiger partial charge in [0.25, 0.3) is 0 Å². The van der Waals surface area contributed by atoms with Gasteiger partial charge in [0.15, 0.2) is 5.82 Å². The van der Waals surface area contributed by atoms with Gasteiger partial charge < -0.3 is 9.30 Å². The molecule has 3 heterocycles. The van der Waals surface area contributed by atoms with Gasteiger partial charge in [-0.25, -0.2) is 0 Å². The van der Waals surface area contributed by atoms with Gasteiger partial charge in [0.05, 0.1) is 0 Å². The van der Waals surface area contributed by atoms with Crippen molar-refractivity contribution < 1.29 is 4.74 Å². The molecule has 2 aliphatic heterocycles. The van der Waals surface area contributed by atoms with Crippen LogP contribution < -0.4 is 0 Å². The van der Waals surface area contributed by atoms with E-state index in [2.05, 4.69) is 50.2 Å². The van der Waals surface area contributed by atoms with Crippen molar-refractivity contribution in [2.75, 3.05) is 26.0 Å². The normalized spacial score (nSPS) is 21.6. The predicted octanol–water partition coefficient (Wildman–Crippen LogP) is 2.91. The first-order valence-corrected chi connectivity index (χ1v) is 9.95. The minimum Gasteiger partial charge on any atom is -0.370 e. The number of fused-ring (bicyclic) bond motifs is 1. The molecule has 0 saturated carbocycles. The summed E-state index contributed by atoms with van der Waals surface area (Å²) in [6.07, 6.45) is 5.43. The second-order valence-corrected chi connectivity index (χ2v) is 7.38. The van der Waals surface area contributed by atoms with Gasteiger partial charge in [0.1, 0.15) is 11.9 Å². The van der Waals surface area contributed by atoms with Gasteiger partial charge in [0.2, 0.25) is 0 Å². The predicted molar refractivity (Wildman–Crippen MR) is 95.2 cm³/mol. The number of ether oxygens (including phenoxy) is 1. The zero-order chi connectivity index (χ0) is 16.4. The third kappa shape index (κ3) is 3.36. The molecule has 0 amide bonds. The highest BCUT2D eigenvalue weighted by atomic mass is 32.2. The van der Waals surface area contributed by atoms with Crippen LogP contribution in [0.15, 0.2) is 29.2 Å². The summed E-state index contributed by atoms with van der Waals surface area (Å²) in [6, 6.07) is 8.91. The third-order valence-corrected chi connectivity index (χ3v) is 5.67. The Kier molecular flexibility index (Phi) is 4.87. The molecule has 2 aliphatic rings. The van der Waals surface area contributed by atoms with Gasteiger partial charge in [-0.15, -0.1) is 22.0 Å². The number of nitrogens with zero attached hydrogens (tertiary/aromatic N) is 4. The minimum absolute atomic E-state index is 0.150. The van der Waals surface area contributed by atoms with Crippen molar-refractivity contribution in [3.05, 3.63) is 41.5 Å². The molecule has 0 N–H and O–H groups in total. The van der Waals surface area contributed by atoms with E-state index in [9.17, 15) is 0 Å². The maximum Gasteiger partial charge on any atom is 0.162 e. The molecular weight excluding hydrogens is 320 g/mol. The Balaban J connectivity index is 1.42. The largest absolute Gasteiger partial charge is 0.370 e. The summed E-state index contributed by atoms with van der Waals surface area (Å²) >= 11 is 1.79. The van der Waals surface area contributed by atoms with Crippen LogP contribution in [0.5, 0.6) is 0 Å². The number of rotatable bonds is 4. The maximum atomic E-state index is 5.81. The molecule has 1 atom stereocenters. The number of hydrogen-bond acceptors (Lipinski definition) is 5.